The van der Waals surface area contributed by atoms with Crippen LogP contribution in [0.2, 0.25) is 10.0 Å². The minimum Gasteiger partial charge on any atom is -0.489 e. The number of halogens is 2. The molecule has 3 nitrogen and oxygen atoms in total. The van der Waals surface area contributed by atoms with Crippen molar-refractivity contribution in [1.82, 2.24) is 9.88 Å². The minimum absolute atomic E-state index is 0.221. The van der Waals surface area contributed by atoms with Gasteiger partial charge in [0.05, 0.1) is 0 Å². The molecule has 0 radical (unpaired) electrons. The molecule has 0 N–H and O–H groups in total. The highest BCUT2D eigenvalue weighted by molar-refractivity contribution is 6.35. The number of likely N-dealkylation sites (tertiary alicyclic amines) is 1. The van der Waals surface area contributed by atoms with Crippen LogP contribution in [-0.4, -0.2) is 29.1 Å². The highest BCUT2D eigenvalue weighted by atomic mass is 35.5. The fourth-order valence-electron chi connectivity index (χ4n) is 2.54. The van der Waals surface area contributed by atoms with Gasteiger partial charge in [-0.2, -0.15) is 0 Å². The smallest absolute Gasteiger partial charge is 0.122 e. The van der Waals surface area contributed by atoms with Gasteiger partial charge in [0.2, 0.25) is 0 Å². The molecule has 0 spiro atoms. The summed E-state index contributed by atoms with van der Waals surface area (Å²) >= 11 is 12.1. The predicted molar refractivity (Wildman–Crippen MR) is 85.0 cm³/mol. The molecule has 1 aromatic heterocycles. The van der Waals surface area contributed by atoms with E-state index in [1.807, 2.05) is 24.3 Å². The van der Waals surface area contributed by atoms with E-state index in [1.165, 1.54) is 0 Å². The lowest BCUT2D eigenvalue weighted by Crippen LogP contribution is -2.24. The Labute approximate surface area is 134 Å². The van der Waals surface area contributed by atoms with E-state index in [-0.39, 0.29) is 6.10 Å². The quantitative estimate of drug-likeness (QED) is 0.849. The predicted octanol–water partition coefficient (Wildman–Crippen LogP) is 4.04. The van der Waals surface area contributed by atoms with Crippen LogP contribution in [0.25, 0.3) is 0 Å². The summed E-state index contributed by atoms with van der Waals surface area (Å²) in [5.41, 5.74) is 1.10. The Kier molecular flexibility index (Phi) is 4.63. The van der Waals surface area contributed by atoms with E-state index in [9.17, 15) is 0 Å². The van der Waals surface area contributed by atoms with Crippen LogP contribution < -0.4 is 4.74 Å². The summed E-state index contributed by atoms with van der Waals surface area (Å²) in [6, 6.07) is 9.43. The van der Waals surface area contributed by atoms with Crippen molar-refractivity contribution in [3.63, 3.8) is 0 Å². The van der Waals surface area contributed by atoms with Crippen molar-refractivity contribution in [3.8, 4) is 5.75 Å². The molecule has 0 bridgehead atoms. The average molecular weight is 323 g/mol. The Balaban J connectivity index is 1.57. The van der Waals surface area contributed by atoms with Gasteiger partial charge in [0.1, 0.15) is 11.9 Å². The van der Waals surface area contributed by atoms with Gasteiger partial charge in [-0.05, 0) is 36.2 Å². The van der Waals surface area contributed by atoms with Gasteiger partial charge in [0.25, 0.3) is 0 Å². The second-order valence-electron chi connectivity index (χ2n) is 5.18. The number of hydrogen-bond donors (Lipinski definition) is 0. The lowest BCUT2D eigenvalue weighted by atomic mass is 10.2. The third kappa shape index (κ3) is 3.88. The molecule has 5 heteroatoms. The molecule has 1 fully saturated rings. The molecular formula is C16H16Cl2N2O. The summed E-state index contributed by atoms with van der Waals surface area (Å²) in [5.74, 6) is 0.876. The first-order valence-electron chi connectivity index (χ1n) is 6.93. The highest BCUT2D eigenvalue weighted by Gasteiger charge is 2.24. The fraction of sp³-hybridized carbons (Fsp3) is 0.312. The highest BCUT2D eigenvalue weighted by Crippen LogP contribution is 2.24. The van der Waals surface area contributed by atoms with E-state index < -0.39 is 0 Å². The Morgan fingerprint density at radius 2 is 2.00 bits per heavy atom. The van der Waals surface area contributed by atoms with Crippen molar-refractivity contribution in [2.24, 2.45) is 0 Å². The van der Waals surface area contributed by atoms with Crippen LogP contribution in [0.15, 0.2) is 42.7 Å². The van der Waals surface area contributed by atoms with E-state index >= 15 is 0 Å². The summed E-state index contributed by atoms with van der Waals surface area (Å²) in [6.07, 6.45) is 4.73. The van der Waals surface area contributed by atoms with Gasteiger partial charge in [-0.15, -0.1) is 0 Å². The molecule has 1 unspecified atom stereocenters. The second kappa shape index (κ2) is 6.65. The molecule has 1 aliphatic heterocycles. The van der Waals surface area contributed by atoms with E-state index in [0.29, 0.717) is 5.02 Å². The number of pyridine rings is 1. The topological polar surface area (TPSA) is 25.4 Å². The number of nitrogens with zero attached hydrogens (tertiary/aromatic N) is 2. The second-order valence-corrected chi connectivity index (χ2v) is 6.03. The Bertz CT molecular complexity index is 606. The van der Waals surface area contributed by atoms with Crippen molar-refractivity contribution < 1.29 is 4.74 Å². The third-order valence-corrected chi connectivity index (χ3v) is 4.18. The number of aromatic nitrogens is 1. The fourth-order valence-corrected chi connectivity index (χ4v) is 3.01. The SMILES string of the molecule is Clc1ccc(CN2CCC(Oc3ccncc3)C2)c(Cl)c1. The van der Waals surface area contributed by atoms with Gasteiger partial charge >= 0.3 is 0 Å². The first-order chi connectivity index (χ1) is 10.2. The molecule has 2 heterocycles. The Hall–Kier alpha value is -1.29. The molecule has 0 amide bonds. The maximum atomic E-state index is 6.22. The van der Waals surface area contributed by atoms with Crippen LogP contribution in [-0.2, 0) is 6.54 Å². The normalized spacial score (nSPS) is 18.9. The zero-order chi connectivity index (χ0) is 14.7. The number of ether oxygens (including phenoxy) is 1. The van der Waals surface area contributed by atoms with Crippen molar-refractivity contribution in [2.45, 2.75) is 19.1 Å². The molecule has 1 aliphatic rings. The van der Waals surface area contributed by atoms with E-state index in [0.717, 1.165) is 42.4 Å². The first kappa shape index (κ1) is 14.6. The standard InChI is InChI=1S/C16H16Cl2N2O/c17-13-2-1-12(16(18)9-13)10-20-8-5-15(11-20)21-14-3-6-19-7-4-14/h1-4,6-7,9,15H,5,8,10-11H2. The molecule has 21 heavy (non-hydrogen) atoms. The zero-order valence-electron chi connectivity index (χ0n) is 11.5. The van der Waals surface area contributed by atoms with Crippen molar-refractivity contribution in [2.75, 3.05) is 13.1 Å². The van der Waals surface area contributed by atoms with Crippen LogP contribution in [0.5, 0.6) is 5.75 Å². The molecule has 110 valence electrons. The van der Waals surface area contributed by atoms with Crippen molar-refractivity contribution in [3.05, 3.63) is 58.3 Å². The van der Waals surface area contributed by atoms with Gasteiger partial charge < -0.3 is 4.74 Å². The van der Waals surface area contributed by atoms with Crippen LogP contribution in [0, 0.1) is 0 Å². The van der Waals surface area contributed by atoms with E-state index in [4.69, 9.17) is 27.9 Å². The number of benzene rings is 1. The third-order valence-electron chi connectivity index (χ3n) is 3.59. The lowest BCUT2D eigenvalue weighted by molar-refractivity contribution is 0.198. The van der Waals surface area contributed by atoms with Gasteiger partial charge in [-0.1, -0.05) is 29.3 Å². The van der Waals surface area contributed by atoms with Gasteiger partial charge in [0.15, 0.2) is 0 Å². The minimum atomic E-state index is 0.221. The molecule has 1 atom stereocenters. The van der Waals surface area contributed by atoms with Crippen LogP contribution >= 0.6 is 23.2 Å². The zero-order valence-corrected chi connectivity index (χ0v) is 13.0. The monoisotopic (exact) mass is 322 g/mol. The molecule has 1 saturated heterocycles. The number of rotatable bonds is 4. The summed E-state index contributed by atoms with van der Waals surface area (Å²) in [5, 5.41) is 1.39. The summed E-state index contributed by atoms with van der Waals surface area (Å²) in [4.78, 5) is 6.34. The maximum Gasteiger partial charge on any atom is 0.122 e. The molecule has 0 aliphatic carbocycles. The average Bonchev–Trinajstić information content (AvgIpc) is 2.90. The van der Waals surface area contributed by atoms with Crippen molar-refractivity contribution in [1.29, 1.82) is 0 Å². The lowest BCUT2D eigenvalue weighted by Gasteiger charge is -2.17. The summed E-state index contributed by atoms with van der Waals surface area (Å²) in [7, 11) is 0. The van der Waals surface area contributed by atoms with Gasteiger partial charge in [-0.3, -0.25) is 9.88 Å². The Morgan fingerprint density at radius 1 is 1.19 bits per heavy atom. The van der Waals surface area contributed by atoms with Crippen LogP contribution in [0.1, 0.15) is 12.0 Å². The Morgan fingerprint density at radius 3 is 2.76 bits per heavy atom. The molecule has 0 saturated carbocycles. The maximum absolute atomic E-state index is 6.22. The summed E-state index contributed by atoms with van der Waals surface area (Å²) < 4.78 is 5.96. The van der Waals surface area contributed by atoms with Crippen LogP contribution in [0.3, 0.4) is 0 Å². The summed E-state index contributed by atoms with van der Waals surface area (Å²) in [6.45, 7) is 2.74. The van der Waals surface area contributed by atoms with Gasteiger partial charge in [-0.25, -0.2) is 0 Å². The first-order valence-corrected chi connectivity index (χ1v) is 7.69. The van der Waals surface area contributed by atoms with Crippen LogP contribution in [0.4, 0.5) is 0 Å². The molecular weight excluding hydrogens is 307 g/mol. The molecule has 2 aromatic rings. The van der Waals surface area contributed by atoms with E-state index in [2.05, 4.69) is 9.88 Å². The largest absolute Gasteiger partial charge is 0.489 e. The van der Waals surface area contributed by atoms with E-state index in [1.54, 1.807) is 18.5 Å². The van der Waals surface area contributed by atoms with Crippen molar-refractivity contribution >= 4 is 23.2 Å². The molecule has 1 aromatic carbocycles. The molecule has 3 rings (SSSR count). The number of hydrogen-bond acceptors (Lipinski definition) is 3. The van der Waals surface area contributed by atoms with Gasteiger partial charge in [0, 0.05) is 42.1 Å².